The lowest BCUT2D eigenvalue weighted by Gasteiger charge is -2.12. The minimum absolute atomic E-state index is 0.0416. The molecule has 134 valence electrons. The van der Waals surface area contributed by atoms with Gasteiger partial charge in [0.05, 0.1) is 11.8 Å². The molecule has 0 fully saturated rings. The van der Waals surface area contributed by atoms with Gasteiger partial charge >= 0.3 is 6.03 Å². The Morgan fingerprint density at radius 3 is 3.00 bits per heavy atom. The van der Waals surface area contributed by atoms with E-state index in [0.717, 1.165) is 31.0 Å². The van der Waals surface area contributed by atoms with Crippen molar-refractivity contribution in [3.05, 3.63) is 35.7 Å². The van der Waals surface area contributed by atoms with Gasteiger partial charge < -0.3 is 19.9 Å². The Morgan fingerprint density at radius 2 is 2.24 bits per heavy atom. The zero-order valence-electron chi connectivity index (χ0n) is 14.4. The number of carbonyl (C=O) groups is 1. The van der Waals surface area contributed by atoms with Crippen molar-refractivity contribution < 1.29 is 13.9 Å². The van der Waals surface area contributed by atoms with Crippen molar-refractivity contribution in [2.24, 2.45) is 0 Å². The largest absolute Gasteiger partial charge is 0.491 e. The summed E-state index contributed by atoms with van der Waals surface area (Å²) in [5, 5.41) is 13.5. The van der Waals surface area contributed by atoms with Crippen LogP contribution in [0.3, 0.4) is 0 Å². The number of aryl methyl sites for hydroxylation is 1. The molecule has 0 saturated heterocycles. The molecule has 8 heteroatoms. The Bertz CT molecular complexity index is 759. The van der Waals surface area contributed by atoms with Gasteiger partial charge in [-0.05, 0) is 32.4 Å². The number of halogens is 1. The van der Waals surface area contributed by atoms with Crippen molar-refractivity contribution >= 4 is 11.7 Å². The van der Waals surface area contributed by atoms with Crippen molar-refractivity contribution in [2.75, 3.05) is 11.9 Å². The first kappa shape index (κ1) is 17.2. The van der Waals surface area contributed by atoms with E-state index < -0.39 is 11.8 Å². The van der Waals surface area contributed by atoms with Crippen molar-refractivity contribution in [3.8, 4) is 5.75 Å². The summed E-state index contributed by atoms with van der Waals surface area (Å²) in [5.74, 6) is 1.77. The van der Waals surface area contributed by atoms with Gasteiger partial charge in [-0.2, -0.15) is 0 Å². The maximum absolute atomic E-state index is 14.0. The predicted octanol–water partition coefficient (Wildman–Crippen LogP) is 2.51. The summed E-state index contributed by atoms with van der Waals surface area (Å²) in [6.45, 7) is 5.06. The fourth-order valence-electron chi connectivity index (χ4n) is 2.79. The average molecular weight is 347 g/mol. The van der Waals surface area contributed by atoms with Gasteiger partial charge in [0.15, 0.2) is 0 Å². The summed E-state index contributed by atoms with van der Waals surface area (Å²) < 4.78 is 21.5. The molecule has 3 rings (SSSR count). The van der Waals surface area contributed by atoms with Gasteiger partial charge in [-0.3, -0.25) is 0 Å². The first-order valence-electron chi connectivity index (χ1n) is 8.45. The molecule has 0 spiro atoms. The maximum Gasteiger partial charge on any atom is 0.319 e. The number of carbonyl (C=O) groups excluding carboxylic acids is 1. The number of rotatable bonds is 6. The first-order chi connectivity index (χ1) is 12.0. The number of hydrogen-bond acceptors (Lipinski definition) is 4. The summed E-state index contributed by atoms with van der Waals surface area (Å²) in [6.07, 6.45) is 2.59. The van der Waals surface area contributed by atoms with E-state index in [4.69, 9.17) is 4.74 Å². The molecule has 0 radical (unpaired) electrons. The number of aromatic nitrogens is 3. The zero-order chi connectivity index (χ0) is 17.8. The fraction of sp³-hybridized carbons (Fsp3) is 0.471. The van der Waals surface area contributed by atoms with Crippen LogP contribution in [-0.4, -0.2) is 33.4 Å². The fourth-order valence-corrected chi connectivity index (χ4v) is 2.79. The highest BCUT2D eigenvalue weighted by Crippen LogP contribution is 2.21. The molecule has 1 aliphatic heterocycles. The van der Waals surface area contributed by atoms with Crippen LogP contribution in [0.1, 0.15) is 31.9 Å². The molecule has 1 aliphatic rings. The maximum atomic E-state index is 14.0. The Kier molecular flexibility index (Phi) is 5.16. The molecule has 25 heavy (non-hydrogen) atoms. The van der Waals surface area contributed by atoms with Crippen molar-refractivity contribution in [2.45, 2.75) is 45.8 Å². The summed E-state index contributed by atoms with van der Waals surface area (Å²) in [5.41, 5.74) is 0.108. The SMILES string of the molecule is CC(C)Oc1ccc(NC(=O)NCCc2nnc3n2CCC3)c(F)c1. The van der Waals surface area contributed by atoms with Crippen LogP contribution in [0.15, 0.2) is 18.2 Å². The van der Waals surface area contributed by atoms with Crippen LogP contribution in [0.25, 0.3) is 0 Å². The standard InChI is InChI=1S/C17H22FN5O2/c1-11(2)25-12-5-6-14(13(18)10-12)20-17(24)19-8-7-16-22-21-15-4-3-9-23(15)16/h5-6,10-11H,3-4,7-9H2,1-2H3,(H2,19,20,24). The molecule has 0 unspecified atom stereocenters. The number of ether oxygens (including phenoxy) is 1. The van der Waals surface area contributed by atoms with E-state index in [1.807, 2.05) is 13.8 Å². The van der Waals surface area contributed by atoms with Crippen molar-refractivity contribution in [3.63, 3.8) is 0 Å². The van der Waals surface area contributed by atoms with E-state index in [-0.39, 0.29) is 11.8 Å². The number of nitrogens with one attached hydrogen (secondary N) is 2. The monoisotopic (exact) mass is 347 g/mol. The molecule has 1 aromatic carbocycles. The molecule has 0 saturated carbocycles. The number of hydrogen-bond donors (Lipinski definition) is 2. The zero-order valence-corrected chi connectivity index (χ0v) is 14.4. The van der Waals surface area contributed by atoms with E-state index in [1.54, 1.807) is 6.07 Å². The molecule has 7 nitrogen and oxygen atoms in total. The third kappa shape index (κ3) is 4.26. The predicted molar refractivity (Wildman–Crippen MR) is 91.2 cm³/mol. The summed E-state index contributed by atoms with van der Waals surface area (Å²) in [4.78, 5) is 11.9. The number of anilines is 1. The molecule has 0 bridgehead atoms. The minimum Gasteiger partial charge on any atom is -0.491 e. The van der Waals surface area contributed by atoms with Gasteiger partial charge in [-0.15, -0.1) is 10.2 Å². The average Bonchev–Trinajstić information content (AvgIpc) is 3.14. The second kappa shape index (κ2) is 7.50. The third-order valence-corrected chi connectivity index (χ3v) is 3.88. The molecular weight excluding hydrogens is 325 g/mol. The Morgan fingerprint density at radius 1 is 1.40 bits per heavy atom. The molecule has 2 N–H and O–H groups in total. The van der Waals surface area contributed by atoms with Gasteiger partial charge in [-0.1, -0.05) is 0 Å². The lowest BCUT2D eigenvalue weighted by molar-refractivity contribution is 0.241. The molecule has 0 atom stereocenters. The number of benzene rings is 1. The summed E-state index contributed by atoms with van der Waals surface area (Å²) in [7, 11) is 0. The topological polar surface area (TPSA) is 81.1 Å². The molecule has 0 aliphatic carbocycles. The highest BCUT2D eigenvalue weighted by atomic mass is 19.1. The molecule has 2 aromatic rings. The van der Waals surface area contributed by atoms with E-state index in [0.29, 0.717) is 18.7 Å². The first-order valence-corrected chi connectivity index (χ1v) is 8.45. The van der Waals surface area contributed by atoms with Crippen LogP contribution in [-0.2, 0) is 19.4 Å². The van der Waals surface area contributed by atoms with Crippen LogP contribution in [0, 0.1) is 5.82 Å². The molecular formula is C17H22FN5O2. The van der Waals surface area contributed by atoms with Gasteiger partial charge in [0, 0.05) is 32.0 Å². The van der Waals surface area contributed by atoms with Crippen LogP contribution < -0.4 is 15.4 Å². The summed E-state index contributed by atoms with van der Waals surface area (Å²) >= 11 is 0. The van der Waals surface area contributed by atoms with Crippen LogP contribution in [0.5, 0.6) is 5.75 Å². The van der Waals surface area contributed by atoms with Crippen molar-refractivity contribution in [1.82, 2.24) is 20.1 Å². The summed E-state index contributed by atoms with van der Waals surface area (Å²) in [6, 6.07) is 3.91. The number of amides is 2. The van der Waals surface area contributed by atoms with E-state index in [1.165, 1.54) is 12.1 Å². The number of nitrogens with zero attached hydrogens (tertiary/aromatic N) is 3. The lowest BCUT2D eigenvalue weighted by atomic mass is 10.3. The molecule has 2 amide bonds. The van der Waals surface area contributed by atoms with Crippen LogP contribution >= 0.6 is 0 Å². The lowest BCUT2D eigenvalue weighted by Crippen LogP contribution is -2.31. The van der Waals surface area contributed by atoms with Crippen molar-refractivity contribution in [1.29, 1.82) is 0 Å². The Balaban J connectivity index is 1.49. The van der Waals surface area contributed by atoms with Gasteiger partial charge in [-0.25, -0.2) is 9.18 Å². The van der Waals surface area contributed by atoms with Gasteiger partial charge in [0.2, 0.25) is 0 Å². The third-order valence-electron chi connectivity index (χ3n) is 3.88. The van der Waals surface area contributed by atoms with Crippen LogP contribution in [0.4, 0.5) is 14.9 Å². The second-order valence-corrected chi connectivity index (χ2v) is 6.23. The van der Waals surface area contributed by atoms with Crippen LogP contribution in [0.2, 0.25) is 0 Å². The van der Waals surface area contributed by atoms with E-state index in [9.17, 15) is 9.18 Å². The van der Waals surface area contributed by atoms with E-state index in [2.05, 4.69) is 25.4 Å². The second-order valence-electron chi connectivity index (χ2n) is 6.23. The number of fused-ring (bicyclic) bond motifs is 1. The minimum atomic E-state index is -0.538. The smallest absolute Gasteiger partial charge is 0.319 e. The Labute approximate surface area is 145 Å². The molecule has 2 heterocycles. The molecule has 1 aromatic heterocycles. The number of urea groups is 1. The highest BCUT2D eigenvalue weighted by molar-refractivity contribution is 5.89. The normalized spacial score (nSPS) is 13.0. The van der Waals surface area contributed by atoms with Gasteiger partial charge in [0.1, 0.15) is 23.2 Å². The Hall–Kier alpha value is -2.64. The highest BCUT2D eigenvalue weighted by Gasteiger charge is 2.17. The van der Waals surface area contributed by atoms with Gasteiger partial charge in [0.25, 0.3) is 0 Å². The van der Waals surface area contributed by atoms with E-state index >= 15 is 0 Å². The quantitative estimate of drug-likeness (QED) is 0.841.